The Morgan fingerprint density at radius 2 is 1.32 bits per heavy atom. The van der Waals surface area contributed by atoms with E-state index in [2.05, 4.69) is 105 Å². The highest BCUT2D eigenvalue weighted by Gasteiger charge is 2.24. The van der Waals surface area contributed by atoms with Crippen LogP contribution in [0.1, 0.15) is 25.0 Å². The normalized spacial score (nSPS) is 11.8. The van der Waals surface area contributed by atoms with E-state index >= 15 is 0 Å². The standard InChI is InChI=1S/C32H25NO/c1-32(2,23-13-7-4-8-14-23)24-19-20-33-28(21-24)26-18-17-25(22-11-5-3-6-12-22)30-27-15-9-10-16-29(27)34-31(26)30/h3-21H,1-2H3. The second-order valence-corrected chi connectivity index (χ2v) is 9.25. The Labute approximate surface area is 199 Å². The van der Waals surface area contributed by atoms with E-state index in [4.69, 9.17) is 9.40 Å². The summed E-state index contributed by atoms with van der Waals surface area (Å²) in [5, 5.41) is 2.26. The monoisotopic (exact) mass is 439 g/mol. The van der Waals surface area contributed by atoms with Crippen LogP contribution >= 0.6 is 0 Å². The summed E-state index contributed by atoms with van der Waals surface area (Å²) in [6.45, 7) is 4.52. The van der Waals surface area contributed by atoms with Crippen LogP contribution in [0.5, 0.6) is 0 Å². The smallest absolute Gasteiger partial charge is 0.145 e. The zero-order valence-electron chi connectivity index (χ0n) is 19.3. The van der Waals surface area contributed by atoms with Gasteiger partial charge in [0.25, 0.3) is 0 Å². The first-order valence-corrected chi connectivity index (χ1v) is 11.6. The maximum Gasteiger partial charge on any atom is 0.145 e. The van der Waals surface area contributed by atoms with E-state index in [-0.39, 0.29) is 5.41 Å². The third kappa shape index (κ3) is 3.31. The largest absolute Gasteiger partial charge is 0.455 e. The van der Waals surface area contributed by atoms with Crippen molar-refractivity contribution in [1.82, 2.24) is 4.98 Å². The lowest BCUT2D eigenvalue weighted by molar-refractivity contribution is 0.640. The number of hydrogen-bond acceptors (Lipinski definition) is 2. The van der Waals surface area contributed by atoms with Crippen molar-refractivity contribution >= 4 is 21.9 Å². The van der Waals surface area contributed by atoms with Gasteiger partial charge >= 0.3 is 0 Å². The fourth-order valence-corrected chi connectivity index (χ4v) is 4.88. The van der Waals surface area contributed by atoms with Crippen LogP contribution in [0.25, 0.3) is 44.3 Å². The predicted molar refractivity (Wildman–Crippen MR) is 141 cm³/mol. The molecule has 0 atom stereocenters. The molecule has 0 amide bonds. The number of hydrogen-bond donors (Lipinski definition) is 0. The summed E-state index contributed by atoms with van der Waals surface area (Å²) < 4.78 is 6.47. The van der Waals surface area contributed by atoms with Gasteiger partial charge in [0.2, 0.25) is 0 Å². The molecule has 0 radical (unpaired) electrons. The molecule has 34 heavy (non-hydrogen) atoms. The first kappa shape index (κ1) is 20.4. The highest BCUT2D eigenvalue weighted by molar-refractivity contribution is 6.16. The first-order chi connectivity index (χ1) is 16.6. The fourth-order valence-electron chi connectivity index (χ4n) is 4.88. The van der Waals surface area contributed by atoms with Gasteiger partial charge in [-0.3, -0.25) is 4.98 Å². The number of para-hydroxylation sites is 1. The molecule has 0 saturated heterocycles. The molecule has 0 unspecified atom stereocenters. The quantitative estimate of drug-likeness (QED) is 0.275. The molecule has 2 aromatic heterocycles. The maximum atomic E-state index is 6.47. The predicted octanol–water partition coefficient (Wildman–Crippen LogP) is 8.64. The molecule has 2 nitrogen and oxygen atoms in total. The van der Waals surface area contributed by atoms with Crippen molar-refractivity contribution in [3.05, 3.63) is 127 Å². The number of fused-ring (bicyclic) bond motifs is 3. The Hall–Kier alpha value is -4.17. The molecule has 0 aliphatic heterocycles. The molecule has 0 spiro atoms. The van der Waals surface area contributed by atoms with Gasteiger partial charge in [-0.05, 0) is 46.5 Å². The Bertz CT molecular complexity index is 1610. The average Bonchev–Trinajstić information content (AvgIpc) is 3.29. The van der Waals surface area contributed by atoms with Crippen LogP contribution in [-0.4, -0.2) is 4.98 Å². The third-order valence-corrected chi connectivity index (χ3v) is 6.86. The summed E-state index contributed by atoms with van der Waals surface area (Å²) in [5.41, 5.74) is 8.41. The highest BCUT2D eigenvalue weighted by atomic mass is 16.3. The van der Waals surface area contributed by atoms with E-state index in [9.17, 15) is 0 Å². The van der Waals surface area contributed by atoms with E-state index < -0.39 is 0 Å². The molecular weight excluding hydrogens is 414 g/mol. The van der Waals surface area contributed by atoms with Gasteiger partial charge in [-0.15, -0.1) is 0 Å². The van der Waals surface area contributed by atoms with Crippen molar-refractivity contribution in [1.29, 1.82) is 0 Å². The molecule has 0 fully saturated rings. The topological polar surface area (TPSA) is 26.0 Å². The van der Waals surface area contributed by atoms with Gasteiger partial charge < -0.3 is 4.42 Å². The fraction of sp³-hybridized carbons (Fsp3) is 0.0938. The number of rotatable bonds is 4. The zero-order valence-corrected chi connectivity index (χ0v) is 19.3. The molecule has 164 valence electrons. The highest BCUT2D eigenvalue weighted by Crippen LogP contribution is 2.42. The number of pyridine rings is 1. The summed E-state index contributed by atoms with van der Waals surface area (Å²) >= 11 is 0. The van der Waals surface area contributed by atoms with Crippen molar-refractivity contribution in [3.63, 3.8) is 0 Å². The third-order valence-electron chi connectivity index (χ3n) is 6.86. The minimum absolute atomic E-state index is 0.143. The van der Waals surface area contributed by atoms with Crippen molar-refractivity contribution < 1.29 is 4.42 Å². The van der Waals surface area contributed by atoms with E-state index in [1.54, 1.807) is 0 Å². The van der Waals surface area contributed by atoms with Gasteiger partial charge in [-0.25, -0.2) is 0 Å². The van der Waals surface area contributed by atoms with Crippen LogP contribution < -0.4 is 0 Å². The number of aromatic nitrogens is 1. The molecule has 0 aliphatic carbocycles. The van der Waals surface area contributed by atoms with Crippen molar-refractivity contribution in [2.24, 2.45) is 0 Å². The molecule has 0 N–H and O–H groups in total. The minimum atomic E-state index is -0.143. The van der Waals surface area contributed by atoms with Crippen molar-refractivity contribution in [2.45, 2.75) is 19.3 Å². The lowest BCUT2D eigenvalue weighted by Crippen LogP contribution is -2.18. The number of benzene rings is 4. The second kappa shape index (κ2) is 8.00. The zero-order chi connectivity index (χ0) is 23.1. The van der Waals surface area contributed by atoms with E-state index in [0.717, 1.165) is 33.2 Å². The SMILES string of the molecule is CC(C)(c1ccccc1)c1ccnc(-c2ccc(-c3ccccc3)c3c2oc2ccccc23)c1. The Kier molecular flexibility index (Phi) is 4.81. The summed E-state index contributed by atoms with van der Waals surface area (Å²) in [7, 11) is 0. The average molecular weight is 440 g/mol. The molecule has 6 aromatic rings. The number of furan rings is 1. The molecule has 4 aromatic carbocycles. The first-order valence-electron chi connectivity index (χ1n) is 11.6. The summed E-state index contributed by atoms with van der Waals surface area (Å²) in [6, 6.07) is 38.1. The van der Waals surface area contributed by atoms with Gasteiger partial charge in [0, 0.05) is 27.9 Å². The van der Waals surface area contributed by atoms with Crippen LogP contribution in [0, 0.1) is 0 Å². The summed E-state index contributed by atoms with van der Waals surface area (Å²) in [6.07, 6.45) is 1.91. The molecule has 2 heteroatoms. The summed E-state index contributed by atoms with van der Waals surface area (Å²) in [5.74, 6) is 0. The van der Waals surface area contributed by atoms with Crippen LogP contribution in [0.3, 0.4) is 0 Å². The van der Waals surface area contributed by atoms with Crippen LogP contribution in [0.15, 0.2) is 120 Å². The van der Waals surface area contributed by atoms with Crippen LogP contribution in [0.4, 0.5) is 0 Å². The lowest BCUT2D eigenvalue weighted by Gasteiger charge is -2.26. The van der Waals surface area contributed by atoms with Gasteiger partial charge in [-0.2, -0.15) is 0 Å². The Balaban J connectivity index is 1.58. The lowest BCUT2D eigenvalue weighted by atomic mass is 9.78. The molecule has 0 aliphatic rings. The Morgan fingerprint density at radius 1 is 0.647 bits per heavy atom. The van der Waals surface area contributed by atoms with Crippen LogP contribution in [0.2, 0.25) is 0 Å². The Morgan fingerprint density at radius 3 is 2.12 bits per heavy atom. The van der Waals surface area contributed by atoms with Gasteiger partial charge in [0.05, 0.1) is 5.69 Å². The molecule has 0 saturated carbocycles. The number of nitrogens with zero attached hydrogens (tertiary/aromatic N) is 1. The molecular formula is C32H25NO. The van der Waals surface area contributed by atoms with Crippen molar-refractivity contribution in [2.75, 3.05) is 0 Å². The van der Waals surface area contributed by atoms with E-state index in [1.165, 1.54) is 22.3 Å². The van der Waals surface area contributed by atoms with Gasteiger partial charge in [-0.1, -0.05) is 98.8 Å². The van der Waals surface area contributed by atoms with Crippen molar-refractivity contribution in [3.8, 4) is 22.4 Å². The van der Waals surface area contributed by atoms with Gasteiger partial charge in [0.1, 0.15) is 11.2 Å². The maximum absolute atomic E-state index is 6.47. The molecule has 0 bridgehead atoms. The molecule has 2 heterocycles. The van der Waals surface area contributed by atoms with E-state index in [0.29, 0.717) is 0 Å². The summed E-state index contributed by atoms with van der Waals surface area (Å²) in [4.78, 5) is 4.78. The van der Waals surface area contributed by atoms with E-state index in [1.807, 2.05) is 24.4 Å². The minimum Gasteiger partial charge on any atom is -0.455 e. The van der Waals surface area contributed by atoms with Gasteiger partial charge in [0.15, 0.2) is 0 Å². The molecule has 6 rings (SSSR count). The second-order valence-electron chi connectivity index (χ2n) is 9.25. The van der Waals surface area contributed by atoms with Crippen LogP contribution in [-0.2, 0) is 5.41 Å².